The molecule has 2 aliphatic rings. The third-order valence-electron chi connectivity index (χ3n) is 4.53. The van der Waals surface area contributed by atoms with E-state index in [0.717, 1.165) is 31.7 Å². The van der Waals surface area contributed by atoms with Crippen LogP contribution in [0.25, 0.3) is 0 Å². The Morgan fingerprint density at radius 1 is 1.05 bits per heavy atom. The molecule has 3 nitrogen and oxygen atoms in total. The highest BCUT2D eigenvalue weighted by Crippen LogP contribution is 2.37. The zero-order valence-electron chi connectivity index (χ0n) is 11.9. The lowest BCUT2D eigenvalue weighted by Crippen LogP contribution is -2.41. The molecule has 3 heteroatoms. The second kappa shape index (κ2) is 5.01. The number of amides is 1. The fourth-order valence-corrected chi connectivity index (χ4v) is 3.35. The van der Waals surface area contributed by atoms with Gasteiger partial charge in [-0.1, -0.05) is 42.5 Å². The van der Waals surface area contributed by atoms with Gasteiger partial charge in [0.05, 0.1) is 5.92 Å². The Morgan fingerprint density at radius 2 is 1.81 bits per heavy atom. The summed E-state index contributed by atoms with van der Waals surface area (Å²) in [6.07, 6.45) is 0.876. The van der Waals surface area contributed by atoms with Crippen LogP contribution >= 0.6 is 0 Å². The second-order valence-electron chi connectivity index (χ2n) is 5.75. The summed E-state index contributed by atoms with van der Waals surface area (Å²) in [6.45, 7) is 2.42. The van der Waals surface area contributed by atoms with Crippen molar-refractivity contribution < 1.29 is 4.79 Å². The summed E-state index contributed by atoms with van der Waals surface area (Å²) in [5, 5.41) is 3.39. The first kappa shape index (κ1) is 12.6. The van der Waals surface area contributed by atoms with Crippen molar-refractivity contribution in [2.75, 3.05) is 18.0 Å². The van der Waals surface area contributed by atoms with Crippen LogP contribution in [0.4, 0.5) is 5.69 Å². The van der Waals surface area contributed by atoms with Crippen LogP contribution in [-0.2, 0) is 17.8 Å². The molecular weight excluding hydrogens is 260 g/mol. The molecule has 1 amide bonds. The molecule has 0 radical (unpaired) electrons. The summed E-state index contributed by atoms with van der Waals surface area (Å²) < 4.78 is 0. The van der Waals surface area contributed by atoms with Crippen LogP contribution < -0.4 is 10.2 Å². The van der Waals surface area contributed by atoms with E-state index < -0.39 is 0 Å². The number of hydrogen-bond donors (Lipinski definition) is 1. The van der Waals surface area contributed by atoms with E-state index in [0.29, 0.717) is 0 Å². The molecule has 0 saturated heterocycles. The predicted molar refractivity (Wildman–Crippen MR) is 83.4 cm³/mol. The van der Waals surface area contributed by atoms with Crippen LogP contribution in [0, 0.1) is 0 Å². The molecule has 2 aromatic rings. The number of fused-ring (bicyclic) bond motifs is 2. The van der Waals surface area contributed by atoms with E-state index in [1.165, 1.54) is 16.7 Å². The van der Waals surface area contributed by atoms with Gasteiger partial charge in [-0.3, -0.25) is 4.79 Å². The fraction of sp³-hybridized carbons (Fsp3) is 0.278. The summed E-state index contributed by atoms with van der Waals surface area (Å²) in [7, 11) is 0. The number of nitrogens with one attached hydrogen (secondary N) is 1. The van der Waals surface area contributed by atoms with E-state index in [-0.39, 0.29) is 11.8 Å². The molecule has 0 bridgehead atoms. The van der Waals surface area contributed by atoms with Gasteiger partial charge < -0.3 is 10.2 Å². The highest BCUT2D eigenvalue weighted by Gasteiger charge is 2.35. The SMILES string of the molecule is O=C(C1Cc2ccccc21)N1CCNCc2ccccc21. The maximum Gasteiger partial charge on any atom is 0.234 e. The minimum Gasteiger partial charge on any atom is -0.311 e. The fourth-order valence-electron chi connectivity index (χ4n) is 3.35. The van der Waals surface area contributed by atoms with Crippen LogP contribution in [0.5, 0.6) is 0 Å². The predicted octanol–water partition coefficient (Wildman–Crippen LogP) is 2.46. The maximum atomic E-state index is 13.0. The Bertz CT molecular complexity index is 695. The van der Waals surface area contributed by atoms with Crippen molar-refractivity contribution in [2.24, 2.45) is 0 Å². The summed E-state index contributed by atoms with van der Waals surface area (Å²) >= 11 is 0. The van der Waals surface area contributed by atoms with Crippen LogP contribution in [0.2, 0.25) is 0 Å². The summed E-state index contributed by atoms with van der Waals surface area (Å²) in [6, 6.07) is 16.5. The first-order valence-corrected chi connectivity index (χ1v) is 7.52. The van der Waals surface area contributed by atoms with Crippen molar-refractivity contribution >= 4 is 11.6 Å². The summed E-state index contributed by atoms with van der Waals surface area (Å²) in [4.78, 5) is 14.9. The van der Waals surface area contributed by atoms with Crippen LogP contribution in [0.15, 0.2) is 48.5 Å². The lowest BCUT2D eigenvalue weighted by Gasteiger charge is -2.34. The molecule has 1 heterocycles. The quantitative estimate of drug-likeness (QED) is 0.869. The molecule has 0 aromatic heterocycles. The van der Waals surface area contributed by atoms with E-state index in [2.05, 4.69) is 29.6 Å². The molecule has 1 unspecified atom stereocenters. The Balaban J connectivity index is 1.67. The minimum atomic E-state index is 0.0346. The Morgan fingerprint density at radius 3 is 2.67 bits per heavy atom. The van der Waals surface area contributed by atoms with Gasteiger partial charge in [0, 0.05) is 25.3 Å². The van der Waals surface area contributed by atoms with Crippen molar-refractivity contribution in [3.8, 4) is 0 Å². The van der Waals surface area contributed by atoms with Gasteiger partial charge in [-0.15, -0.1) is 0 Å². The van der Waals surface area contributed by atoms with Crippen LogP contribution in [0.1, 0.15) is 22.6 Å². The first-order valence-electron chi connectivity index (χ1n) is 7.52. The lowest BCUT2D eigenvalue weighted by atomic mass is 9.76. The number of para-hydroxylation sites is 1. The number of benzene rings is 2. The van der Waals surface area contributed by atoms with Crippen molar-refractivity contribution in [1.29, 1.82) is 0 Å². The smallest absolute Gasteiger partial charge is 0.234 e. The van der Waals surface area contributed by atoms with E-state index >= 15 is 0 Å². The number of hydrogen-bond acceptors (Lipinski definition) is 2. The summed E-state index contributed by atoms with van der Waals surface area (Å²) in [5.74, 6) is 0.275. The zero-order valence-corrected chi connectivity index (χ0v) is 11.9. The van der Waals surface area contributed by atoms with Crippen LogP contribution in [0.3, 0.4) is 0 Å². The van der Waals surface area contributed by atoms with Crippen molar-refractivity contribution in [3.63, 3.8) is 0 Å². The highest BCUT2D eigenvalue weighted by molar-refractivity contribution is 6.00. The maximum absolute atomic E-state index is 13.0. The zero-order chi connectivity index (χ0) is 14.2. The van der Waals surface area contributed by atoms with Crippen molar-refractivity contribution in [2.45, 2.75) is 18.9 Å². The lowest BCUT2D eigenvalue weighted by molar-refractivity contribution is -0.120. The molecule has 0 fully saturated rings. The molecule has 0 spiro atoms. The number of nitrogens with zero attached hydrogens (tertiary/aromatic N) is 1. The molecule has 0 saturated carbocycles. The van der Waals surface area contributed by atoms with E-state index in [9.17, 15) is 4.79 Å². The highest BCUT2D eigenvalue weighted by atomic mass is 16.2. The Kier molecular flexibility index (Phi) is 3.00. The Labute approximate surface area is 124 Å². The van der Waals surface area contributed by atoms with Crippen LogP contribution in [-0.4, -0.2) is 19.0 Å². The van der Waals surface area contributed by atoms with E-state index in [4.69, 9.17) is 0 Å². The van der Waals surface area contributed by atoms with Gasteiger partial charge in [0.1, 0.15) is 0 Å². The van der Waals surface area contributed by atoms with Gasteiger partial charge in [0.25, 0.3) is 0 Å². The Hall–Kier alpha value is -2.13. The molecule has 4 rings (SSSR count). The number of anilines is 1. The topological polar surface area (TPSA) is 32.3 Å². The third kappa shape index (κ3) is 2.05. The third-order valence-corrected chi connectivity index (χ3v) is 4.53. The molecule has 1 N–H and O–H groups in total. The standard InChI is InChI=1S/C18H18N2O/c21-18(16-11-13-5-1-3-7-15(13)16)20-10-9-19-12-14-6-2-4-8-17(14)20/h1-8,16,19H,9-12H2. The number of carbonyl (C=O) groups excluding carboxylic acids is 1. The van der Waals surface area contributed by atoms with E-state index in [1.54, 1.807) is 0 Å². The minimum absolute atomic E-state index is 0.0346. The van der Waals surface area contributed by atoms with Gasteiger partial charge in [-0.25, -0.2) is 0 Å². The van der Waals surface area contributed by atoms with E-state index in [1.807, 2.05) is 29.2 Å². The van der Waals surface area contributed by atoms with Gasteiger partial charge in [0.15, 0.2) is 0 Å². The largest absolute Gasteiger partial charge is 0.311 e. The number of carbonyl (C=O) groups is 1. The van der Waals surface area contributed by atoms with Gasteiger partial charge in [-0.05, 0) is 29.2 Å². The molecule has 106 valence electrons. The van der Waals surface area contributed by atoms with Crippen molar-refractivity contribution in [1.82, 2.24) is 5.32 Å². The number of rotatable bonds is 1. The second-order valence-corrected chi connectivity index (χ2v) is 5.75. The average molecular weight is 278 g/mol. The van der Waals surface area contributed by atoms with Gasteiger partial charge in [-0.2, -0.15) is 0 Å². The molecule has 1 aliphatic carbocycles. The molecule has 2 aromatic carbocycles. The molecular formula is C18H18N2O. The molecule has 1 atom stereocenters. The van der Waals surface area contributed by atoms with Crippen molar-refractivity contribution in [3.05, 3.63) is 65.2 Å². The van der Waals surface area contributed by atoms with Gasteiger partial charge in [0.2, 0.25) is 5.91 Å². The monoisotopic (exact) mass is 278 g/mol. The van der Waals surface area contributed by atoms with Gasteiger partial charge >= 0.3 is 0 Å². The molecule has 21 heavy (non-hydrogen) atoms. The average Bonchev–Trinajstić information content (AvgIpc) is 2.71. The normalized spacial score (nSPS) is 20.0. The first-order chi connectivity index (χ1) is 10.3. The summed E-state index contributed by atoms with van der Waals surface area (Å²) in [5.41, 5.74) is 4.79. The molecule has 1 aliphatic heterocycles.